The van der Waals surface area contributed by atoms with Gasteiger partial charge in [0, 0.05) is 18.4 Å². The summed E-state index contributed by atoms with van der Waals surface area (Å²) in [7, 11) is 0. The molecule has 3 aromatic rings. The number of carbonyl (C=O) groups excluding carboxylic acids is 2. The van der Waals surface area contributed by atoms with Gasteiger partial charge in [0.2, 0.25) is 5.91 Å². The third kappa shape index (κ3) is 5.00. The second-order valence-corrected chi connectivity index (χ2v) is 7.52. The molecular weight excluding hydrogens is 392 g/mol. The zero-order valence-corrected chi connectivity index (χ0v) is 17.5. The summed E-state index contributed by atoms with van der Waals surface area (Å²) in [5.41, 5.74) is 2.90. The summed E-state index contributed by atoms with van der Waals surface area (Å²) >= 11 is 0. The van der Waals surface area contributed by atoms with Gasteiger partial charge in [0.05, 0.1) is 18.3 Å². The molecule has 0 aliphatic carbocycles. The first kappa shape index (κ1) is 20.8. The maximum atomic E-state index is 13.0. The molecule has 1 aromatic heterocycles. The minimum atomic E-state index is -0.453. The van der Waals surface area contributed by atoms with Crippen LogP contribution in [0.15, 0.2) is 66.9 Å². The highest BCUT2D eigenvalue weighted by atomic mass is 16.5. The highest BCUT2D eigenvalue weighted by Crippen LogP contribution is 2.22. The number of benzene rings is 2. The average molecular weight is 418 g/mol. The summed E-state index contributed by atoms with van der Waals surface area (Å²) in [6.45, 7) is 3.74. The van der Waals surface area contributed by atoms with Gasteiger partial charge in [-0.2, -0.15) is 5.10 Å². The number of aromatic nitrogens is 2. The molecule has 1 aliphatic heterocycles. The Morgan fingerprint density at radius 3 is 2.77 bits per heavy atom. The Labute approximate surface area is 181 Å². The number of likely N-dealkylation sites (tertiary alicyclic amines) is 1. The molecule has 7 nitrogen and oxygen atoms in total. The van der Waals surface area contributed by atoms with Crippen molar-refractivity contribution in [3.63, 3.8) is 0 Å². The number of nitrogens with zero attached hydrogens (tertiary/aromatic N) is 3. The zero-order chi connectivity index (χ0) is 21.6. The Kier molecular flexibility index (Phi) is 6.43. The Balaban J connectivity index is 1.43. The highest BCUT2D eigenvalue weighted by molar-refractivity contribution is 5.95. The van der Waals surface area contributed by atoms with Crippen LogP contribution in [0.3, 0.4) is 0 Å². The lowest BCUT2D eigenvalue weighted by molar-refractivity contribution is -0.120. The molecule has 1 atom stereocenters. The molecule has 7 heteroatoms. The number of nitrogens with one attached hydrogen (secondary N) is 1. The molecule has 0 spiro atoms. The topological polar surface area (TPSA) is 76.5 Å². The summed E-state index contributed by atoms with van der Waals surface area (Å²) in [5, 5.41) is 7.32. The minimum Gasteiger partial charge on any atom is -0.461 e. The van der Waals surface area contributed by atoms with Crippen LogP contribution in [0.4, 0.5) is 5.69 Å². The Morgan fingerprint density at radius 2 is 1.97 bits per heavy atom. The van der Waals surface area contributed by atoms with Crippen LogP contribution < -0.4 is 5.32 Å². The number of hydrogen-bond acceptors (Lipinski definition) is 5. The summed E-state index contributed by atoms with van der Waals surface area (Å²) < 4.78 is 6.58. The van der Waals surface area contributed by atoms with E-state index < -0.39 is 5.97 Å². The molecular formula is C24H26N4O3. The second kappa shape index (κ2) is 9.57. The minimum absolute atomic E-state index is 0.00161. The molecule has 0 saturated carbocycles. The van der Waals surface area contributed by atoms with Crippen molar-refractivity contribution in [1.29, 1.82) is 0 Å². The van der Waals surface area contributed by atoms with E-state index in [0.29, 0.717) is 12.3 Å². The molecule has 2 heterocycles. The fraction of sp³-hybridized carbons (Fsp3) is 0.292. The molecule has 1 amide bonds. The molecule has 0 bridgehead atoms. The fourth-order valence-corrected chi connectivity index (χ4v) is 3.86. The Morgan fingerprint density at radius 1 is 1.13 bits per heavy atom. The largest absolute Gasteiger partial charge is 0.461 e. The molecule has 1 saturated heterocycles. The smallest absolute Gasteiger partial charge is 0.358 e. The van der Waals surface area contributed by atoms with Gasteiger partial charge in [0.25, 0.3) is 0 Å². The van der Waals surface area contributed by atoms with Crippen molar-refractivity contribution in [2.24, 2.45) is 0 Å². The number of amides is 1. The van der Waals surface area contributed by atoms with E-state index in [0.717, 1.165) is 31.6 Å². The monoisotopic (exact) mass is 418 g/mol. The third-order valence-electron chi connectivity index (χ3n) is 5.35. The average Bonchev–Trinajstić information content (AvgIpc) is 3.45. The molecule has 1 N–H and O–H groups in total. The van der Waals surface area contributed by atoms with Crippen molar-refractivity contribution in [2.45, 2.75) is 32.4 Å². The normalized spacial score (nSPS) is 16.2. The van der Waals surface area contributed by atoms with Crippen LogP contribution in [0, 0.1) is 0 Å². The predicted molar refractivity (Wildman–Crippen MR) is 118 cm³/mol. The van der Waals surface area contributed by atoms with Crippen molar-refractivity contribution < 1.29 is 14.3 Å². The van der Waals surface area contributed by atoms with E-state index in [4.69, 9.17) is 4.74 Å². The first-order valence-electron chi connectivity index (χ1n) is 10.6. The fourth-order valence-electron chi connectivity index (χ4n) is 3.86. The van der Waals surface area contributed by atoms with E-state index in [2.05, 4.69) is 27.4 Å². The maximum absolute atomic E-state index is 13.0. The Hall–Kier alpha value is -3.45. The molecule has 4 rings (SSSR count). The molecule has 0 radical (unpaired) electrons. The van der Waals surface area contributed by atoms with Gasteiger partial charge in [0.1, 0.15) is 0 Å². The predicted octanol–water partition coefficient (Wildman–Crippen LogP) is 3.65. The van der Waals surface area contributed by atoms with Crippen LogP contribution in [-0.4, -0.2) is 45.8 Å². The van der Waals surface area contributed by atoms with Gasteiger partial charge in [-0.25, -0.2) is 9.48 Å². The highest BCUT2D eigenvalue weighted by Gasteiger charge is 2.30. The number of anilines is 1. The van der Waals surface area contributed by atoms with Gasteiger partial charge in [-0.1, -0.05) is 36.4 Å². The number of carbonyl (C=O) groups is 2. The summed E-state index contributed by atoms with van der Waals surface area (Å²) in [6, 6.07) is 19.1. The van der Waals surface area contributed by atoms with Gasteiger partial charge >= 0.3 is 5.97 Å². The van der Waals surface area contributed by atoms with E-state index in [1.165, 1.54) is 5.56 Å². The number of ether oxygens (including phenoxy) is 1. The van der Waals surface area contributed by atoms with E-state index in [1.807, 2.05) is 42.5 Å². The molecule has 2 aromatic carbocycles. The first-order valence-corrected chi connectivity index (χ1v) is 10.6. The van der Waals surface area contributed by atoms with Crippen LogP contribution in [-0.2, 0) is 16.1 Å². The SMILES string of the molecule is CCOC(=O)c1ccn(-c2cccc(NC(=O)C3CCCN3Cc3ccccc3)c2)n1. The lowest BCUT2D eigenvalue weighted by Gasteiger charge is -2.23. The Bertz CT molecular complexity index is 1050. The molecule has 31 heavy (non-hydrogen) atoms. The van der Waals surface area contributed by atoms with Crippen molar-refractivity contribution in [3.8, 4) is 5.69 Å². The maximum Gasteiger partial charge on any atom is 0.358 e. The molecule has 1 aliphatic rings. The van der Waals surface area contributed by atoms with Gasteiger partial charge in [-0.3, -0.25) is 9.69 Å². The third-order valence-corrected chi connectivity index (χ3v) is 5.35. The number of esters is 1. The van der Waals surface area contributed by atoms with E-state index in [9.17, 15) is 9.59 Å². The summed E-state index contributed by atoms with van der Waals surface area (Å²) in [4.78, 5) is 27.1. The number of hydrogen-bond donors (Lipinski definition) is 1. The zero-order valence-electron chi connectivity index (χ0n) is 17.5. The first-order chi connectivity index (χ1) is 15.1. The van der Waals surface area contributed by atoms with E-state index in [1.54, 1.807) is 23.9 Å². The van der Waals surface area contributed by atoms with Crippen LogP contribution in [0.5, 0.6) is 0 Å². The summed E-state index contributed by atoms with van der Waals surface area (Å²) in [5.74, 6) is -0.455. The lowest BCUT2D eigenvalue weighted by Crippen LogP contribution is -2.39. The van der Waals surface area contributed by atoms with Crippen LogP contribution >= 0.6 is 0 Å². The van der Waals surface area contributed by atoms with Gasteiger partial charge in [-0.15, -0.1) is 0 Å². The van der Waals surface area contributed by atoms with E-state index in [-0.39, 0.29) is 17.6 Å². The standard InChI is InChI=1S/C24H26N4O3/c1-2-31-24(30)21-13-15-28(26-21)20-11-6-10-19(16-20)25-23(29)22-12-7-14-27(22)17-18-8-4-3-5-9-18/h3-6,8-11,13,15-16,22H,2,7,12,14,17H2,1H3,(H,25,29). The molecule has 160 valence electrons. The van der Waals surface area contributed by atoms with Gasteiger partial charge in [-0.05, 0) is 56.1 Å². The second-order valence-electron chi connectivity index (χ2n) is 7.52. The van der Waals surface area contributed by atoms with E-state index >= 15 is 0 Å². The quantitative estimate of drug-likeness (QED) is 0.593. The van der Waals surface area contributed by atoms with Crippen molar-refractivity contribution >= 4 is 17.6 Å². The van der Waals surface area contributed by atoms with Crippen molar-refractivity contribution in [1.82, 2.24) is 14.7 Å². The molecule has 1 fully saturated rings. The van der Waals surface area contributed by atoms with Crippen LogP contribution in [0.25, 0.3) is 5.69 Å². The summed E-state index contributed by atoms with van der Waals surface area (Å²) in [6.07, 6.45) is 3.56. The van der Waals surface area contributed by atoms with Crippen LogP contribution in [0.1, 0.15) is 35.8 Å². The molecule has 1 unspecified atom stereocenters. The van der Waals surface area contributed by atoms with Gasteiger partial charge in [0.15, 0.2) is 5.69 Å². The van der Waals surface area contributed by atoms with Crippen LogP contribution in [0.2, 0.25) is 0 Å². The number of rotatable bonds is 7. The lowest BCUT2D eigenvalue weighted by atomic mass is 10.1. The van der Waals surface area contributed by atoms with Crippen molar-refractivity contribution in [3.05, 3.63) is 78.1 Å². The van der Waals surface area contributed by atoms with Crippen molar-refractivity contribution in [2.75, 3.05) is 18.5 Å². The van der Waals surface area contributed by atoms with Gasteiger partial charge < -0.3 is 10.1 Å².